The molecule has 1 saturated carbocycles. The molecule has 0 aromatic heterocycles. The highest BCUT2D eigenvalue weighted by atomic mass is 32.2. The van der Waals surface area contributed by atoms with Crippen molar-refractivity contribution in [2.24, 2.45) is 11.8 Å². The summed E-state index contributed by atoms with van der Waals surface area (Å²) in [4.78, 5) is 11.9. The molecule has 1 aliphatic carbocycles. The highest BCUT2D eigenvalue weighted by Gasteiger charge is 2.33. The van der Waals surface area contributed by atoms with E-state index < -0.39 is 9.84 Å². The molecule has 0 spiro atoms. The third-order valence-corrected chi connectivity index (χ3v) is 5.67. The van der Waals surface area contributed by atoms with E-state index in [1.165, 1.54) is 19.3 Å². The largest absolute Gasteiger partial charge is 0.299 e. The van der Waals surface area contributed by atoms with Gasteiger partial charge in [-0.2, -0.15) is 0 Å². The lowest BCUT2D eigenvalue weighted by molar-refractivity contribution is -0.123. The summed E-state index contributed by atoms with van der Waals surface area (Å²) in [6.07, 6.45) is 7.27. The van der Waals surface area contributed by atoms with Gasteiger partial charge in [-0.15, -0.1) is 0 Å². The highest BCUT2D eigenvalue weighted by molar-refractivity contribution is 7.91. The van der Waals surface area contributed by atoms with Crippen molar-refractivity contribution in [2.45, 2.75) is 44.9 Å². The first kappa shape index (κ1) is 12.1. The minimum atomic E-state index is -2.90. The number of ketones is 1. The molecule has 2 rings (SSSR count). The first-order chi connectivity index (χ1) is 7.57. The second-order valence-electron chi connectivity index (χ2n) is 5.27. The molecular weight excluding hydrogens is 224 g/mol. The molecule has 92 valence electrons. The standard InChI is InChI=1S/C12H20O3S/c13-12(8-10-4-2-1-3-5-10)11-6-7-16(14,15)9-11/h10-11H,1-9H2. The van der Waals surface area contributed by atoms with E-state index >= 15 is 0 Å². The van der Waals surface area contributed by atoms with Crippen LogP contribution in [-0.4, -0.2) is 25.7 Å². The molecule has 1 saturated heterocycles. The fourth-order valence-electron chi connectivity index (χ4n) is 2.89. The van der Waals surface area contributed by atoms with Crippen molar-refractivity contribution in [3.05, 3.63) is 0 Å². The normalized spacial score (nSPS) is 30.4. The van der Waals surface area contributed by atoms with E-state index in [1.54, 1.807) is 0 Å². The quantitative estimate of drug-likeness (QED) is 0.762. The number of carbonyl (C=O) groups is 1. The Morgan fingerprint density at radius 1 is 1.06 bits per heavy atom. The minimum absolute atomic E-state index is 0.110. The molecule has 2 fully saturated rings. The number of hydrogen-bond acceptors (Lipinski definition) is 3. The van der Waals surface area contributed by atoms with Crippen molar-refractivity contribution < 1.29 is 13.2 Å². The van der Waals surface area contributed by atoms with Crippen LogP contribution in [0.1, 0.15) is 44.9 Å². The van der Waals surface area contributed by atoms with E-state index in [0.29, 0.717) is 18.8 Å². The molecule has 1 unspecified atom stereocenters. The van der Waals surface area contributed by atoms with Crippen LogP contribution in [0.25, 0.3) is 0 Å². The van der Waals surface area contributed by atoms with Crippen LogP contribution in [-0.2, 0) is 14.6 Å². The molecular formula is C12H20O3S. The maximum absolute atomic E-state index is 11.9. The Kier molecular flexibility index (Phi) is 3.67. The molecule has 1 atom stereocenters. The second-order valence-corrected chi connectivity index (χ2v) is 7.50. The summed E-state index contributed by atoms with van der Waals surface area (Å²) in [7, 11) is -2.90. The third-order valence-electron chi connectivity index (χ3n) is 3.90. The lowest BCUT2D eigenvalue weighted by atomic mass is 9.83. The predicted octanol–water partition coefficient (Wildman–Crippen LogP) is 1.96. The van der Waals surface area contributed by atoms with E-state index in [4.69, 9.17) is 0 Å². The molecule has 16 heavy (non-hydrogen) atoms. The predicted molar refractivity (Wildman–Crippen MR) is 63.0 cm³/mol. The molecule has 0 amide bonds. The van der Waals surface area contributed by atoms with Gasteiger partial charge in [0, 0.05) is 12.3 Å². The molecule has 1 aliphatic heterocycles. The third kappa shape index (κ3) is 3.06. The maximum atomic E-state index is 11.9. The number of carbonyl (C=O) groups excluding carboxylic acids is 1. The van der Waals surface area contributed by atoms with Crippen molar-refractivity contribution in [1.29, 1.82) is 0 Å². The van der Waals surface area contributed by atoms with E-state index in [-0.39, 0.29) is 23.2 Å². The van der Waals surface area contributed by atoms with Gasteiger partial charge in [0.2, 0.25) is 0 Å². The monoisotopic (exact) mass is 244 g/mol. The Bertz CT molecular complexity index is 352. The summed E-state index contributed by atoms with van der Waals surface area (Å²) >= 11 is 0. The van der Waals surface area contributed by atoms with Crippen LogP contribution in [0.15, 0.2) is 0 Å². The van der Waals surface area contributed by atoms with Gasteiger partial charge in [-0.25, -0.2) is 8.42 Å². The van der Waals surface area contributed by atoms with Gasteiger partial charge in [0.05, 0.1) is 11.5 Å². The minimum Gasteiger partial charge on any atom is -0.299 e. The van der Waals surface area contributed by atoms with Crippen LogP contribution in [0, 0.1) is 11.8 Å². The lowest BCUT2D eigenvalue weighted by Gasteiger charge is -2.21. The van der Waals surface area contributed by atoms with Gasteiger partial charge in [-0.3, -0.25) is 4.79 Å². The molecule has 3 nitrogen and oxygen atoms in total. The van der Waals surface area contributed by atoms with Crippen molar-refractivity contribution in [1.82, 2.24) is 0 Å². The van der Waals surface area contributed by atoms with Gasteiger partial charge >= 0.3 is 0 Å². The van der Waals surface area contributed by atoms with Crippen LogP contribution in [0.2, 0.25) is 0 Å². The van der Waals surface area contributed by atoms with Crippen LogP contribution >= 0.6 is 0 Å². The second kappa shape index (κ2) is 4.86. The van der Waals surface area contributed by atoms with Gasteiger partial charge in [-0.05, 0) is 12.3 Å². The van der Waals surface area contributed by atoms with Crippen LogP contribution in [0.5, 0.6) is 0 Å². The smallest absolute Gasteiger partial charge is 0.151 e. The number of sulfone groups is 1. The van der Waals surface area contributed by atoms with Gasteiger partial charge in [-0.1, -0.05) is 32.1 Å². The Labute approximate surface area is 97.5 Å². The number of Topliss-reactive ketones (excluding diaryl/α,β-unsaturated/α-hetero) is 1. The SMILES string of the molecule is O=C(CC1CCCCC1)C1CCS(=O)(=O)C1. The fourth-order valence-corrected chi connectivity index (χ4v) is 4.67. The topological polar surface area (TPSA) is 51.2 Å². The zero-order valence-corrected chi connectivity index (χ0v) is 10.5. The van der Waals surface area contributed by atoms with Crippen molar-refractivity contribution in [3.63, 3.8) is 0 Å². The highest BCUT2D eigenvalue weighted by Crippen LogP contribution is 2.29. The summed E-state index contributed by atoms with van der Waals surface area (Å²) in [6.45, 7) is 0. The molecule has 0 radical (unpaired) electrons. The van der Waals surface area contributed by atoms with E-state index in [9.17, 15) is 13.2 Å². The summed E-state index contributed by atoms with van der Waals surface area (Å²) < 4.78 is 22.6. The van der Waals surface area contributed by atoms with E-state index in [1.807, 2.05) is 0 Å². The average molecular weight is 244 g/mol. The number of hydrogen-bond donors (Lipinski definition) is 0. The number of rotatable bonds is 3. The first-order valence-corrected chi connectivity index (χ1v) is 8.12. The van der Waals surface area contributed by atoms with Crippen LogP contribution < -0.4 is 0 Å². The van der Waals surface area contributed by atoms with E-state index in [0.717, 1.165) is 12.8 Å². The molecule has 0 aromatic rings. The first-order valence-electron chi connectivity index (χ1n) is 6.30. The van der Waals surface area contributed by atoms with Gasteiger partial charge in [0.1, 0.15) is 5.78 Å². The Morgan fingerprint density at radius 3 is 2.31 bits per heavy atom. The average Bonchev–Trinajstić information content (AvgIpc) is 2.60. The Hall–Kier alpha value is -0.380. The summed E-state index contributed by atoms with van der Waals surface area (Å²) in [6, 6.07) is 0. The zero-order valence-electron chi connectivity index (χ0n) is 9.65. The van der Waals surface area contributed by atoms with Gasteiger partial charge in [0.15, 0.2) is 9.84 Å². The summed E-state index contributed by atoms with van der Waals surface area (Å²) in [5.74, 6) is 0.872. The Morgan fingerprint density at radius 2 is 1.75 bits per heavy atom. The molecule has 1 heterocycles. The van der Waals surface area contributed by atoms with Crippen LogP contribution in [0.3, 0.4) is 0 Å². The van der Waals surface area contributed by atoms with Crippen molar-refractivity contribution in [3.8, 4) is 0 Å². The van der Waals surface area contributed by atoms with Crippen molar-refractivity contribution in [2.75, 3.05) is 11.5 Å². The fraction of sp³-hybridized carbons (Fsp3) is 0.917. The maximum Gasteiger partial charge on any atom is 0.151 e. The summed E-state index contributed by atoms with van der Waals surface area (Å²) in [5.41, 5.74) is 0. The van der Waals surface area contributed by atoms with Gasteiger partial charge < -0.3 is 0 Å². The summed E-state index contributed by atoms with van der Waals surface area (Å²) in [5, 5.41) is 0. The molecule has 2 aliphatic rings. The lowest BCUT2D eigenvalue weighted by Crippen LogP contribution is -2.20. The van der Waals surface area contributed by atoms with Gasteiger partial charge in [0.25, 0.3) is 0 Å². The molecule has 0 aromatic carbocycles. The Balaban J connectivity index is 1.84. The van der Waals surface area contributed by atoms with Crippen LogP contribution in [0.4, 0.5) is 0 Å². The zero-order chi connectivity index (χ0) is 11.6. The molecule has 0 bridgehead atoms. The van der Waals surface area contributed by atoms with Crippen molar-refractivity contribution >= 4 is 15.6 Å². The van der Waals surface area contributed by atoms with E-state index in [2.05, 4.69) is 0 Å². The molecule has 0 N–H and O–H groups in total. The molecule has 4 heteroatoms.